The van der Waals surface area contributed by atoms with Crippen molar-refractivity contribution in [2.75, 3.05) is 47.1 Å². The third-order valence-corrected chi connectivity index (χ3v) is 4.56. The first-order valence-corrected chi connectivity index (χ1v) is 8.48. The van der Waals surface area contributed by atoms with Crippen molar-refractivity contribution in [3.8, 4) is 5.75 Å². The highest BCUT2D eigenvalue weighted by Gasteiger charge is 2.34. The van der Waals surface area contributed by atoms with Gasteiger partial charge in [0.25, 0.3) is 0 Å². The van der Waals surface area contributed by atoms with E-state index in [1.165, 1.54) is 5.56 Å². The number of aliphatic hydroxyl groups excluding tert-OH is 1. The van der Waals surface area contributed by atoms with Gasteiger partial charge in [-0.3, -0.25) is 4.99 Å². The summed E-state index contributed by atoms with van der Waals surface area (Å²) in [7, 11) is 3.46. The largest absolute Gasteiger partial charge is 0.496 e. The molecule has 2 rings (SSSR count). The number of benzene rings is 1. The van der Waals surface area contributed by atoms with Gasteiger partial charge in [0.15, 0.2) is 5.96 Å². The number of para-hydroxylation sites is 1. The number of guanidine groups is 1. The van der Waals surface area contributed by atoms with Gasteiger partial charge >= 0.3 is 0 Å². The zero-order valence-corrected chi connectivity index (χ0v) is 14.7. The summed E-state index contributed by atoms with van der Waals surface area (Å²) in [6.45, 7) is 3.16. The van der Waals surface area contributed by atoms with Crippen LogP contribution in [-0.2, 0) is 11.2 Å². The summed E-state index contributed by atoms with van der Waals surface area (Å²) in [5.41, 5.74) is 1.18. The zero-order chi connectivity index (χ0) is 17.3. The molecular formula is C18H29N3O3. The van der Waals surface area contributed by atoms with E-state index < -0.39 is 0 Å². The van der Waals surface area contributed by atoms with Gasteiger partial charge in [0.1, 0.15) is 5.75 Å². The maximum absolute atomic E-state index is 9.29. The first-order valence-electron chi connectivity index (χ1n) is 8.48. The molecule has 0 radical (unpaired) electrons. The molecule has 24 heavy (non-hydrogen) atoms. The first kappa shape index (κ1) is 18.5. The van der Waals surface area contributed by atoms with Crippen LogP contribution in [0.1, 0.15) is 18.4 Å². The Kier molecular flexibility index (Phi) is 7.34. The molecule has 3 N–H and O–H groups in total. The van der Waals surface area contributed by atoms with E-state index >= 15 is 0 Å². The van der Waals surface area contributed by atoms with Gasteiger partial charge in [0.05, 0.1) is 13.7 Å². The lowest BCUT2D eigenvalue weighted by atomic mass is 9.84. The molecule has 1 saturated heterocycles. The molecule has 1 heterocycles. The van der Waals surface area contributed by atoms with E-state index in [1.807, 2.05) is 18.2 Å². The minimum atomic E-state index is 0.00895. The van der Waals surface area contributed by atoms with Crippen molar-refractivity contribution in [1.82, 2.24) is 10.6 Å². The normalized spacial score (nSPS) is 20.9. The number of hydrogen-bond acceptors (Lipinski definition) is 4. The molecule has 1 aromatic rings. The van der Waals surface area contributed by atoms with Gasteiger partial charge in [-0.25, -0.2) is 0 Å². The van der Waals surface area contributed by atoms with Crippen molar-refractivity contribution in [3.05, 3.63) is 29.8 Å². The SMILES string of the molecule is CN=C(NCCc1ccccc1OC)NCC1(CCO)CCOC1. The summed E-state index contributed by atoms with van der Waals surface area (Å²) in [5, 5.41) is 16.0. The van der Waals surface area contributed by atoms with Crippen LogP contribution in [0, 0.1) is 5.41 Å². The fourth-order valence-corrected chi connectivity index (χ4v) is 3.03. The van der Waals surface area contributed by atoms with Crippen LogP contribution >= 0.6 is 0 Å². The van der Waals surface area contributed by atoms with Crippen LogP contribution in [0.4, 0.5) is 0 Å². The van der Waals surface area contributed by atoms with Crippen molar-refractivity contribution in [1.29, 1.82) is 0 Å². The molecule has 0 saturated carbocycles. The molecule has 1 atom stereocenters. The lowest BCUT2D eigenvalue weighted by molar-refractivity contribution is 0.127. The predicted molar refractivity (Wildman–Crippen MR) is 95.6 cm³/mol. The lowest BCUT2D eigenvalue weighted by Gasteiger charge is -2.27. The molecule has 1 unspecified atom stereocenters. The highest BCUT2D eigenvalue weighted by molar-refractivity contribution is 5.79. The Labute approximate surface area is 144 Å². The lowest BCUT2D eigenvalue weighted by Crippen LogP contribution is -2.45. The van der Waals surface area contributed by atoms with Crippen molar-refractivity contribution in [2.24, 2.45) is 10.4 Å². The van der Waals surface area contributed by atoms with Gasteiger partial charge < -0.3 is 25.2 Å². The number of nitrogens with zero attached hydrogens (tertiary/aromatic N) is 1. The summed E-state index contributed by atoms with van der Waals surface area (Å²) in [6, 6.07) is 8.04. The number of rotatable bonds is 8. The fourth-order valence-electron chi connectivity index (χ4n) is 3.03. The van der Waals surface area contributed by atoms with Crippen LogP contribution in [0.2, 0.25) is 0 Å². The number of hydrogen-bond donors (Lipinski definition) is 3. The maximum atomic E-state index is 9.29. The topological polar surface area (TPSA) is 75.1 Å². The van der Waals surface area contributed by atoms with E-state index in [1.54, 1.807) is 14.2 Å². The number of aliphatic hydroxyl groups is 1. The van der Waals surface area contributed by atoms with E-state index in [9.17, 15) is 5.11 Å². The van der Waals surface area contributed by atoms with Crippen LogP contribution in [-0.4, -0.2) is 58.1 Å². The molecule has 0 amide bonds. The predicted octanol–water partition coefficient (Wildman–Crippen LogP) is 1.19. The average molecular weight is 335 g/mol. The molecule has 134 valence electrons. The maximum Gasteiger partial charge on any atom is 0.191 e. The van der Waals surface area contributed by atoms with E-state index in [4.69, 9.17) is 9.47 Å². The Morgan fingerprint density at radius 2 is 2.21 bits per heavy atom. The molecular weight excluding hydrogens is 306 g/mol. The second-order valence-electron chi connectivity index (χ2n) is 6.19. The van der Waals surface area contributed by atoms with Crippen molar-refractivity contribution in [3.63, 3.8) is 0 Å². The Hall–Kier alpha value is -1.79. The fraction of sp³-hybridized carbons (Fsp3) is 0.611. The third-order valence-electron chi connectivity index (χ3n) is 4.56. The molecule has 1 aromatic carbocycles. The Balaban J connectivity index is 1.80. The van der Waals surface area contributed by atoms with E-state index in [0.29, 0.717) is 6.61 Å². The van der Waals surface area contributed by atoms with Crippen molar-refractivity contribution < 1.29 is 14.6 Å². The van der Waals surface area contributed by atoms with Gasteiger partial charge in [-0.2, -0.15) is 0 Å². The monoisotopic (exact) mass is 335 g/mol. The van der Waals surface area contributed by atoms with E-state index in [0.717, 1.165) is 50.7 Å². The van der Waals surface area contributed by atoms with Crippen LogP contribution in [0.3, 0.4) is 0 Å². The van der Waals surface area contributed by atoms with E-state index in [-0.39, 0.29) is 12.0 Å². The zero-order valence-electron chi connectivity index (χ0n) is 14.7. The number of methoxy groups -OCH3 is 1. The molecule has 1 aliphatic rings. The average Bonchev–Trinajstić information content (AvgIpc) is 3.07. The summed E-state index contributed by atoms with van der Waals surface area (Å²) < 4.78 is 10.9. The molecule has 6 nitrogen and oxygen atoms in total. The second kappa shape index (κ2) is 9.49. The van der Waals surface area contributed by atoms with E-state index in [2.05, 4.69) is 21.7 Å². The van der Waals surface area contributed by atoms with Crippen molar-refractivity contribution in [2.45, 2.75) is 19.3 Å². The van der Waals surface area contributed by atoms with Gasteiger partial charge in [0, 0.05) is 38.8 Å². The summed E-state index contributed by atoms with van der Waals surface area (Å²) >= 11 is 0. The van der Waals surface area contributed by atoms with Crippen LogP contribution in [0.15, 0.2) is 29.3 Å². The number of ether oxygens (including phenoxy) is 2. The Morgan fingerprint density at radius 3 is 2.88 bits per heavy atom. The molecule has 0 aromatic heterocycles. The third kappa shape index (κ3) is 5.11. The minimum absolute atomic E-state index is 0.00895. The number of aliphatic imine (C=N–C) groups is 1. The minimum Gasteiger partial charge on any atom is -0.496 e. The number of nitrogens with one attached hydrogen (secondary N) is 2. The van der Waals surface area contributed by atoms with Gasteiger partial charge in [-0.1, -0.05) is 18.2 Å². The summed E-state index contributed by atoms with van der Waals surface area (Å²) in [6.07, 6.45) is 2.58. The van der Waals surface area contributed by atoms with Gasteiger partial charge in [-0.05, 0) is 30.9 Å². The summed E-state index contributed by atoms with van der Waals surface area (Å²) in [4.78, 5) is 4.27. The van der Waals surface area contributed by atoms with Crippen LogP contribution in [0.5, 0.6) is 5.75 Å². The molecule has 0 aliphatic carbocycles. The molecule has 6 heteroatoms. The van der Waals surface area contributed by atoms with Gasteiger partial charge in [0.2, 0.25) is 0 Å². The first-order chi connectivity index (χ1) is 11.7. The Bertz CT molecular complexity index is 528. The molecule has 0 spiro atoms. The Morgan fingerprint density at radius 1 is 1.38 bits per heavy atom. The van der Waals surface area contributed by atoms with Crippen molar-refractivity contribution >= 4 is 5.96 Å². The highest BCUT2D eigenvalue weighted by Crippen LogP contribution is 2.31. The quantitative estimate of drug-likeness (QED) is 0.492. The highest BCUT2D eigenvalue weighted by atomic mass is 16.5. The smallest absolute Gasteiger partial charge is 0.191 e. The summed E-state index contributed by atoms with van der Waals surface area (Å²) in [5.74, 6) is 1.68. The van der Waals surface area contributed by atoms with Crippen LogP contribution in [0.25, 0.3) is 0 Å². The molecule has 0 bridgehead atoms. The standard InChI is InChI=1S/C18H29N3O3/c1-19-17(21-13-18(8-11-22)9-12-24-14-18)20-10-7-15-5-3-4-6-16(15)23-2/h3-6,22H,7-14H2,1-2H3,(H2,19,20,21). The van der Waals surface area contributed by atoms with Crippen LogP contribution < -0.4 is 15.4 Å². The molecule has 1 fully saturated rings. The van der Waals surface area contributed by atoms with Gasteiger partial charge in [-0.15, -0.1) is 0 Å². The molecule has 1 aliphatic heterocycles. The second-order valence-corrected chi connectivity index (χ2v) is 6.19.